The second kappa shape index (κ2) is 5.21. The summed E-state index contributed by atoms with van der Waals surface area (Å²) in [7, 11) is 0. The third kappa shape index (κ3) is 2.88. The van der Waals surface area contributed by atoms with Crippen molar-refractivity contribution in [2.75, 3.05) is 0 Å². The average Bonchev–Trinajstić information content (AvgIpc) is 2.27. The topological polar surface area (TPSA) is 58.2 Å². The van der Waals surface area contributed by atoms with Gasteiger partial charge in [-0.05, 0) is 24.0 Å². The maximum Gasteiger partial charge on any atom is 0.217 e. The molecule has 2 N–H and O–H groups in total. The largest absolute Gasteiger partial charge is 0.353 e. The lowest BCUT2D eigenvalue weighted by atomic mass is 9.84. The fraction of sp³-hybridized carbons (Fsp3) is 0.429. The summed E-state index contributed by atoms with van der Waals surface area (Å²) < 4.78 is 0. The molecule has 0 saturated heterocycles. The highest BCUT2D eigenvalue weighted by Gasteiger charge is 2.27. The van der Waals surface area contributed by atoms with Crippen molar-refractivity contribution in [3.8, 4) is 0 Å². The summed E-state index contributed by atoms with van der Waals surface area (Å²) in [6, 6.07) is 8.14. The van der Waals surface area contributed by atoms with Crippen LogP contribution in [0.3, 0.4) is 0 Å². The molecule has 4 nitrogen and oxygen atoms in total. The normalized spacial score (nSPS) is 21.9. The minimum atomic E-state index is -0.0433. The number of carbonyl (C=O) groups is 2. The van der Waals surface area contributed by atoms with Crippen molar-refractivity contribution >= 4 is 11.8 Å². The van der Waals surface area contributed by atoms with E-state index in [1.165, 1.54) is 19.4 Å². The number of fused-ring (bicyclic) bond motifs is 1. The van der Waals surface area contributed by atoms with Gasteiger partial charge in [-0.3, -0.25) is 9.59 Å². The van der Waals surface area contributed by atoms with Crippen LogP contribution in [-0.4, -0.2) is 17.9 Å². The first-order valence-electron chi connectivity index (χ1n) is 6.18. The van der Waals surface area contributed by atoms with Crippen LogP contribution in [0.4, 0.5) is 0 Å². The minimum absolute atomic E-state index is 0.00991. The molecule has 2 rings (SSSR count). The van der Waals surface area contributed by atoms with Gasteiger partial charge in [-0.2, -0.15) is 0 Å². The lowest BCUT2D eigenvalue weighted by Gasteiger charge is -2.32. The first kappa shape index (κ1) is 12.6. The molecule has 0 unspecified atom stereocenters. The van der Waals surface area contributed by atoms with E-state index in [0.29, 0.717) is 0 Å². The van der Waals surface area contributed by atoms with Gasteiger partial charge < -0.3 is 10.6 Å². The molecular weight excluding hydrogens is 228 g/mol. The van der Waals surface area contributed by atoms with E-state index in [9.17, 15) is 9.59 Å². The Morgan fingerprint density at radius 2 is 1.78 bits per heavy atom. The molecule has 0 aliphatic heterocycles. The molecule has 4 heteroatoms. The van der Waals surface area contributed by atoms with Crippen LogP contribution in [-0.2, 0) is 16.0 Å². The summed E-state index contributed by atoms with van der Waals surface area (Å²) in [5.74, 6) is -0.0702. The zero-order valence-corrected chi connectivity index (χ0v) is 10.7. The van der Waals surface area contributed by atoms with E-state index in [4.69, 9.17) is 0 Å². The second-order valence-electron chi connectivity index (χ2n) is 4.79. The van der Waals surface area contributed by atoms with Gasteiger partial charge in [-0.1, -0.05) is 24.3 Å². The number of amides is 2. The summed E-state index contributed by atoms with van der Waals surface area (Å²) in [4.78, 5) is 22.4. The number of nitrogens with one attached hydrogen (secondary N) is 2. The summed E-state index contributed by atoms with van der Waals surface area (Å²) in [5, 5.41) is 5.89. The molecule has 2 amide bonds. The van der Waals surface area contributed by atoms with E-state index in [1.54, 1.807) is 0 Å². The first-order chi connectivity index (χ1) is 8.56. The van der Waals surface area contributed by atoms with Gasteiger partial charge in [0.1, 0.15) is 0 Å². The third-order valence-electron chi connectivity index (χ3n) is 3.20. The first-order valence-corrected chi connectivity index (χ1v) is 6.18. The van der Waals surface area contributed by atoms with Crippen LogP contribution in [0.25, 0.3) is 0 Å². The number of hydrogen-bond donors (Lipinski definition) is 2. The van der Waals surface area contributed by atoms with Crippen molar-refractivity contribution in [2.45, 2.75) is 38.8 Å². The molecular formula is C14H18N2O2. The second-order valence-corrected chi connectivity index (χ2v) is 4.79. The van der Waals surface area contributed by atoms with Crippen LogP contribution in [0, 0.1) is 0 Å². The average molecular weight is 246 g/mol. The Morgan fingerprint density at radius 1 is 1.11 bits per heavy atom. The fourth-order valence-corrected chi connectivity index (χ4v) is 2.60. The molecule has 2 atom stereocenters. The highest BCUT2D eigenvalue weighted by Crippen LogP contribution is 2.29. The van der Waals surface area contributed by atoms with Crippen molar-refractivity contribution in [1.29, 1.82) is 0 Å². The van der Waals surface area contributed by atoms with E-state index in [1.807, 2.05) is 18.2 Å². The number of rotatable bonds is 2. The highest BCUT2D eigenvalue weighted by molar-refractivity contribution is 5.74. The summed E-state index contributed by atoms with van der Waals surface area (Å²) in [6.45, 7) is 3.04. The van der Waals surface area contributed by atoms with E-state index in [2.05, 4.69) is 16.7 Å². The van der Waals surface area contributed by atoms with Gasteiger partial charge in [-0.15, -0.1) is 0 Å². The number of benzene rings is 1. The quantitative estimate of drug-likeness (QED) is 0.826. The van der Waals surface area contributed by atoms with Gasteiger partial charge >= 0.3 is 0 Å². The fourth-order valence-electron chi connectivity index (χ4n) is 2.60. The van der Waals surface area contributed by atoms with Crippen LogP contribution in [0.5, 0.6) is 0 Å². The van der Waals surface area contributed by atoms with E-state index in [-0.39, 0.29) is 23.9 Å². The van der Waals surface area contributed by atoms with Crippen LogP contribution >= 0.6 is 0 Å². The van der Waals surface area contributed by atoms with Gasteiger partial charge in [-0.25, -0.2) is 0 Å². The standard InChI is InChI=1S/C14H18N2O2/c1-9(17)15-12-7-11-5-3-4-6-13(11)14(8-12)16-10(2)18/h3-6,12,14H,7-8H2,1-2H3,(H,15,17)(H,16,18)/t12-,14-/m0/s1. The van der Waals surface area contributed by atoms with Crippen LogP contribution < -0.4 is 10.6 Å². The molecule has 0 fully saturated rings. The van der Waals surface area contributed by atoms with Crippen molar-refractivity contribution < 1.29 is 9.59 Å². The molecule has 1 aliphatic rings. The SMILES string of the molecule is CC(=O)N[C@H]1Cc2ccccc2[C@@H](NC(C)=O)C1. The molecule has 0 bridgehead atoms. The molecule has 0 radical (unpaired) electrons. The molecule has 0 heterocycles. The highest BCUT2D eigenvalue weighted by atomic mass is 16.2. The maximum atomic E-state index is 11.3. The monoisotopic (exact) mass is 246 g/mol. The van der Waals surface area contributed by atoms with Gasteiger partial charge in [0, 0.05) is 19.9 Å². The third-order valence-corrected chi connectivity index (χ3v) is 3.20. The molecule has 0 spiro atoms. The van der Waals surface area contributed by atoms with Crippen LogP contribution in [0.2, 0.25) is 0 Å². The Balaban J connectivity index is 2.23. The number of hydrogen-bond acceptors (Lipinski definition) is 2. The van der Waals surface area contributed by atoms with Gasteiger partial charge in [0.05, 0.1) is 6.04 Å². The lowest BCUT2D eigenvalue weighted by molar-refractivity contribution is -0.119. The molecule has 1 aromatic carbocycles. The predicted molar refractivity (Wildman–Crippen MR) is 68.9 cm³/mol. The van der Waals surface area contributed by atoms with E-state index >= 15 is 0 Å². The van der Waals surface area contributed by atoms with Gasteiger partial charge in [0.25, 0.3) is 0 Å². The zero-order valence-electron chi connectivity index (χ0n) is 10.7. The Hall–Kier alpha value is -1.84. The Morgan fingerprint density at radius 3 is 2.44 bits per heavy atom. The van der Waals surface area contributed by atoms with Crippen molar-refractivity contribution in [3.63, 3.8) is 0 Å². The van der Waals surface area contributed by atoms with Gasteiger partial charge in [0.2, 0.25) is 11.8 Å². The van der Waals surface area contributed by atoms with Crippen LogP contribution in [0.15, 0.2) is 24.3 Å². The smallest absolute Gasteiger partial charge is 0.217 e. The maximum absolute atomic E-state index is 11.3. The lowest BCUT2D eigenvalue weighted by Crippen LogP contribution is -2.42. The molecule has 1 aliphatic carbocycles. The van der Waals surface area contributed by atoms with Crippen molar-refractivity contribution in [1.82, 2.24) is 10.6 Å². The predicted octanol–water partition coefficient (Wildman–Crippen LogP) is 1.31. The van der Waals surface area contributed by atoms with Crippen molar-refractivity contribution in [3.05, 3.63) is 35.4 Å². The van der Waals surface area contributed by atoms with E-state index < -0.39 is 0 Å². The Bertz CT molecular complexity index is 471. The summed E-state index contributed by atoms with van der Waals surface area (Å²) in [6.07, 6.45) is 1.57. The summed E-state index contributed by atoms with van der Waals surface area (Å²) in [5.41, 5.74) is 2.36. The summed E-state index contributed by atoms with van der Waals surface area (Å²) >= 11 is 0. The Kier molecular flexibility index (Phi) is 3.65. The molecule has 0 aromatic heterocycles. The molecule has 96 valence electrons. The zero-order chi connectivity index (χ0) is 13.1. The van der Waals surface area contributed by atoms with Crippen molar-refractivity contribution in [2.24, 2.45) is 0 Å². The van der Waals surface area contributed by atoms with Crippen LogP contribution in [0.1, 0.15) is 37.4 Å². The molecule has 1 aromatic rings. The molecule has 18 heavy (non-hydrogen) atoms. The Labute approximate surface area is 107 Å². The van der Waals surface area contributed by atoms with E-state index in [0.717, 1.165) is 18.4 Å². The molecule has 0 saturated carbocycles. The minimum Gasteiger partial charge on any atom is -0.353 e. The number of carbonyl (C=O) groups excluding carboxylic acids is 2. The van der Waals surface area contributed by atoms with Gasteiger partial charge in [0.15, 0.2) is 0 Å².